The van der Waals surface area contributed by atoms with Crippen molar-refractivity contribution in [1.29, 1.82) is 5.26 Å². The summed E-state index contributed by atoms with van der Waals surface area (Å²) in [6.07, 6.45) is 5.20. The zero-order chi connectivity index (χ0) is 12.3. The van der Waals surface area contributed by atoms with Crippen LogP contribution in [-0.2, 0) is 0 Å². The molecule has 1 aliphatic rings. The Hall–Kier alpha value is -1.56. The van der Waals surface area contributed by atoms with Crippen molar-refractivity contribution >= 4 is 5.69 Å². The maximum atomic E-state index is 13.5. The van der Waals surface area contributed by atoms with Gasteiger partial charge in [0.05, 0.1) is 5.56 Å². The molecule has 0 aliphatic heterocycles. The monoisotopic (exact) mass is 232 g/mol. The van der Waals surface area contributed by atoms with Gasteiger partial charge in [-0.3, -0.25) is 0 Å². The van der Waals surface area contributed by atoms with E-state index in [2.05, 4.69) is 4.90 Å². The average molecular weight is 232 g/mol. The lowest BCUT2D eigenvalue weighted by atomic mass is 10.1. The quantitative estimate of drug-likeness (QED) is 0.799. The van der Waals surface area contributed by atoms with Crippen molar-refractivity contribution in [3.63, 3.8) is 0 Å². The molecule has 17 heavy (non-hydrogen) atoms. The fourth-order valence-electron chi connectivity index (χ4n) is 2.52. The molecule has 0 unspecified atom stereocenters. The standard InChI is InChI=1S/C14H17FN2/c1-17(10-11-4-2-3-5-11)13-7-6-12(9-16)14(15)8-13/h6-8,11H,2-5,10H2,1H3. The highest BCUT2D eigenvalue weighted by Crippen LogP contribution is 2.27. The van der Waals surface area contributed by atoms with Gasteiger partial charge in [0, 0.05) is 19.3 Å². The molecule has 0 aromatic heterocycles. The van der Waals surface area contributed by atoms with Crippen molar-refractivity contribution in [2.24, 2.45) is 5.92 Å². The SMILES string of the molecule is CN(CC1CCCC1)c1ccc(C#N)c(F)c1. The van der Waals surface area contributed by atoms with Crippen LogP contribution in [0.25, 0.3) is 0 Å². The van der Waals surface area contributed by atoms with Crippen LogP contribution in [-0.4, -0.2) is 13.6 Å². The fraction of sp³-hybridized carbons (Fsp3) is 0.500. The van der Waals surface area contributed by atoms with Crippen LogP contribution >= 0.6 is 0 Å². The number of anilines is 1. The number of rotatable bonds is 3. The maximum Gasteiger partial charge on any atom is 0.143 e. The van der Waals surface area contributed by atoms with Crippen LogP contribution in [0.1, 0.15) is 31.2 Å². The van der Waals surface area contributed by atoms with Crippen molar-refractivity contribution in [2.75, 3.05) is 18.5 Å². The number of hydrogen-bond acceptors (Lipinski definition) is 2. The number of nitriles is 1. The summed E-state index contributed by atoms with van der Waals surface area (Å²) in [4.78, 5) is 2.08. The van der Waals surface area contributed by atoms with Gasteiger partial charge in [0.25, 0.3) is 0 Å². The van der Waals surface area contributed by atoms with E-state index in [0.29, 0.717) is 0 Å². The molecule has 0 amide bonds. The Morgan fingerprint density at radius 3 is 2.71 bits per heavy atom. The van der Waals surface area contributed by atoms with Crippen LogP contribution in [0.4, 0.5) is 10.1 Å². The predicted octanol–water partition coefficient (Wildman–Crippen LogP) is 3.32. The second-order valence-corrected chi connectivity index (χ2v) is 4.81. The molecule has 0 radical (unpaired) electrons. The molecule has 2 nitrogen and oxygen atoms in total. The van der Waals surface area contributed by atoms with Crippen molar-refractivity contribution in [1.82, 2.24) is 0 Å². The first kappa shape index (κ1) is 11.9. The van der Waals surface area contributed by atoms with Crippen LogP contribution < -0.4 is 4.90 Å². The summed E-state index contributed by atoms with van der Waals surface area (Å²) >= 11 is 0. The van der Waals surface area contributed by atoms with Crippen molar-refractivity contribution in [3.8, 4) is 6.07 Å². The highest BCUT2D eigenvalue weighted by atomic mass is 19.1. The largest absolute Gasteiger partial charge is 0.374 e. The van der Waals surface area contributed by atoms with E-state index in [9.17, 15) is 4.39 Å². The Labute approximate surface area is 102 Å². The van der Waals surface area contributed by atoms with Gasteiger partial charge in [-0.15, -0.1) is 0 Å². The molecular weight excluding hydrogens is 215 g/mol. The molecule has 0 saturated heterocycles. The second kappa shape index (κ2) is 5.18. The smallest absolute Gasteiger partial charge is 0.143 e. The first-order valence-electron chi connectivity index (χ1n) is 6.11. The lowest BCUT2D eigenvalue weighted by molar-refractivity contribution is 0.546. The molecule has 0 atom stereocenters. The minimum atomic E-state index is -0.428. The van der Waals surface area contributed by atoms with E-state index in [4.69, 9.17) is 5.26 Å². The topological polar surface area (TPSA) is 27.0 Å². The van der Waals surface area contributed by atoms with Gasteiger partial charge in [-0.05, 0) is 37.0 Å². The molecule has 1 saturated carbocycles. The zero-order valence-corrected chi connectivity index (χ0v) is 10.1. The highest BCUT2D eigenvalue weighted by Gasteiger charge is 2.17. The summed E-state index contributed by atoms with van der Waals surface area (Å²) in [5, 5.41) is 8.67. The Morgan fingerprint density at radius 1 is 1.41 bits per heavy atom. The average Bonchev–Trinajstić information content (AvgIpc) is 2.81. The molecule has 1 aliphatic carbocycles. The third-order valence-electron chi connectivity index (χ3n) is 3.52. The van der Waals surface area contributed by atoms with Gasteiger partial charge in [0.2, 0.25) is 0 Å². The van der Waals surface area contributed by atoms with E-state index in [1.54, 1.807) is 6.07 Å². The molecule has 1 fully saturated rings. The molecule has 0 N–H and O–H groups in total. The number of nitrogens with zero attached hydrogens (tertiary/aromatic N) is 2. The summed E-state index contributed by atoms with van der Waals surface area (Å²) in [5.74, 6) is 0.307. The lowest BCUT2D eigenvalue weighted by Crippen LogP contribution is -2.24. The highest BCUT2D eigenvalue weighted by molar-refractivity contribution is 5.49. The first-order chi connectivity index (χ1) is 8.20. The Morgan fingerprint density at radius 2 is 2.12 bits per heavy atom. The molecule has 2 rings (SSSR count). The van der Waals surface area contributed by atoms with E-state index < -0.39 is 5.82 Å². The molecule has 0 heterocycles. The fourth-order valence-corrected chi connectivity index (χ4v) is 2.52. The number of hydrogen-bond donors (Lipinski definition) is 0. The van der Waals surface area contributed by atoms with Crippen molar-refractivity contribution in [2.45, 2.75) is 25.7 Å². The molecular formula is C14H17FN2. The van der Waals surface area contributed by atoms with Gasteiger partial charge in [0.1, 0.15) is 11.9 Å². The molecule has 1 aromatic carbocycles. The van der Waals surface area contributed by atoms with E-state index in [1.165, 1.54) is 31.7 Å². The molecule has 90 valence electrons. The molecule has 0 bridgehead atoms. The predicted molar refractivity (Wildman–Crippen MR) is 66.3 cm³/mol. The van der Waals surface area contributed by atoms with Crippen LogP contribution in [0.2, 0.25) is 0 Å². The normalized spacial score (nSPS) is 15.8. The summed E-state index contributed by atoms with van der Waals surface area (Å²) in [6.45, 7) is 0.978. The van der Waals surface area contributed by atoms with Gasteiger partial charge in [-0.1, -0.05) is 12.8 Å². The van der Waals surface area contributed by atoms with E-state index >= 15 is 0 Å². The molecule has 3 heteroatoms. The third kappa shape index (κ3) is 2.76. The Bertz CT molecular complexity index is 430. The van der Waals surface area contributed by atoms with Gasteiger partial charge >= 0.3 is 0 Å². The van der Waals surface area contributed by atoms with Gasteiger partial charge in [-0.25, -0.2) is 4.39 Å². The Balaban J connectivity index is 2.06. The summed E-state index contributed by atoms with van der Waals surface area (Å²) in [7, 11) is 1.99. The van der Waals surface area contributed by atoms with Crippen LogP contribution in [0.5, 0.6) is 0 Å². The van der Waals surface area contributed by atoms with Gasteiger partial charge < -0.3 is 4.90 Å². The second-order valence-electron chi connectivity index (χ2n) is 4.81. The van der Waals surface area contributed by atoms with Crippen LogP contribution in [0.15, 0.2) is 18.2 Å². The maximum absolute atomic E-state index is 13.5. The Kier molecular flexibility index (Phi) is 3.63. The van der Waals surface area contributed by atoms with Crippen molar-refractivity contribution in [3.05, 3.63) is 29.6 Å². The summed E-state index contributed by atoms with van der Waals surface area (Å²) < 4.78 is 13.5. The van der Waals surface area contributed by atoms with Crippen molar-refractivity contribution < 1.29 is 4.39 Å². The lowest BCUT2D eigenvalue weighted by Gasteiger charge is -2.23. The van der Waals surface area contributed by atoms with E-state index in [-0.39, 0.29) is 5.56 Å². The number of benzene rings is 1. The molecule has 0 spiro atoms. The third-order valence-corrected chi connectivity index (χ3v) is 3.52. The summed E-state index contributed by atoms with van der Waals surface area (Å²) in [5.41, 5.74) is 0.969. The van der Waals surface area contributed by atoms with Gasteiger partial charge in [-0.2, -0.15) is 5.26 Å². The first-order valence-corrected chi connectivity index (χ1v) is 6.11. The van der Waals surface area contributed by atoms with E-state index in [0.717, 1.165) is 18.2 Å². The molecule has 1 aromatic rings. The van der Waals surface area contributed by atoms with Crippen LogP contribution in [0.3, 0.4) is 0 Å². The van der Waals surface area contributed by atoms with Crippen LogP contribution in [0, 0.1) is 23.1 Å². The summed E-state index contributed by atoms with van der Waals surface area (Å²) in [6, 6.07) is 6.66. The minimum absolute atomic E-state index is 0.114. The zero-order valence-electron chi connectivity index (χ0n) is 10.1. The van der Waals surface area contributed by atoms with Gasteiger partial charge in [0.15, 0.2) is 0 Å². The number of halogens is 1. The minimum Gasteiger partial charge on any atom is -0.374 e. The van der Waals surface area contributed by atoms with E-state index in [1.807, 2.05) is 19.2 Å².